The topological polar surface area (TPSA) is 81.6 Å². The number of anilines is 1. The normalized spacial score (nSPS) is 33.3. The fourth-order valence-corrected chi connectivity index (χ4v) is 7.02. The van der Waals surface area contributed by atoms with Gasteiger partial charge in [-0.25, -0.2) is 4.98 Å². The Kier molecular flexibility index (Phi) is 5.34. The highest BCUT2D eigenvalue weighted by Gasteiger charge is 2.55. The van der Waals surface area contributed by atoms with E-state index in [0.717, 1.165) is 76.3 Å². The Morgan fingerprint density at radius 2 is 1.82 bits per heavy atom. The lowest BCUT2D eigenvalue weighted by atomic mass is 9.52. The Hall–Kier alpha value is -2.51. The summed E-state index contributed by atoms with van der Waals surface area (Å²) in [5, 5.41) is 14.1. The molecule has 2 unspecified atom stereocenters. The molecule has 3 heterocycles. The highest BCUT2D eigenvalue weighted by molar-refractivity contribution is 5.93. The first-order valence-electron chi connectivity index (χ1n) is 12.4. The Labute approximate surface area is 195 Å². The molecule has 7 nitrogen and oxygen atoms in total. The monoisotopic (exact) mass is 447 g/mol. The molecule has 5 fully saturated rings. The lowest BCUT2D eigenvalue weighted by Gasteiger charge is -2.58. The number of pyridine rings is 2. The highest BCUT2D eigenvalue weighted by Crippen LogP contribution is 2.55. The minimum atomic E-state index is -0.478. The van der Waals surface area contributed by atoms with Crippen molar-refractivity contribution in [3.05, 3.63) is 54.0 Å². The van der Waals surface area contributed by atoms with Gasteiger partial charge in [0, 0.05) is 45.0 Å². The first kappa shape index (κ1) is 21.1. The molecule has 2 aromatic heterocycles. The predicted molar refractivity (Wildman–Crippen MR) is 126 cm³/mol. The molecule has 1 amide bonds. The first-order chi connectivity index (χ1) is 16.0. The quantitative estimate of drug-likeness (QED) is 0.733. The molecule has 4 aliphatic carbocycles. The zero-order valence-corrected chi connectivity index (χ0v) is 19.1. The summed E-state index contributed by atoms with van der Waals surface area (Å²) in [4.78, 5) is 27.0. The van der Waals surface area contributed by atoms with E-state index in [0.29, 0.717) is 23.4 Å². The lowest BCUT2D eigenvalue weighted by Crippen LogP contribution is -2.61. The van der Waals surface area contributed by atoms with Crippen LogP contribution in [0.2, 0.25) is 0 Å². The van der Waals surface area contributed by atoms with Crippen molar-refractivity contribution in [1.82, 2.24) is 20.2 Å². The van der Waals surface area contributed by atoms with E-state index in [2.05, 4.69) is 26.2 Å². The van der Waals surface area contributed by atoms with Crippen molar-refractivity contribution >= 4 is 11.7 Å². The van der Waals surface area contributed by atoms with E-state index >= 15 is 0 Å². The van der Waals surface area contributed by atoms with Crippen LogP contribution in [0.5, 0.6) is 0 Å². The lowest BCUT2D eigenvalue weighted by molar-refractivity contribution is -0.136. The molecule has 0 spiro atoms. The second-order valence-electron chi connectivity index (χ2n) is 10.7. The number of amides is 1. The third-order valence-electron chi connectivity index (χ3n) is 8.31. The van der Waals surface area contributed by atoms with Crippen molar-refractivity contribution in [2.45, 2.75) is 50.3 Å². The molecule has 174 valence electrons. The zero-order chi connectivity index (χ0) is 22.4. The molecule has 5 aliphatic rings. The molecule has 0 radical (unpaired) electrons. The van der Waals surface area contributed by atoms with Crippen LogP contribution in [0.4, 0.5) is 5.82 Å². The fourth-order valence-electron chi connectivity index (χ4n) is 7.02. The fraction of sp³-hybridized carbons (Fsp3) is 0.577. The maximum atomic E-state index is 13.1. The van der Waals surface area contributed by atoms with Crippen LogP contribution in [-0.4, -0.2) is 63.7 Å². The summed E-state index contributed by atoms with van der Waals surface area (Å²) in [6, 6.07) is 12.0. The highest BCUT2D eigenvalue weighted by atomic mass is 16.3. The van der Waals surface area contributed by atoms with Gasteiger partial charge in [0.1, 0.15) is 11.5 Å². The van der Waals surface area contributed by atoms with Crippen LogP contribution in [-0.2, 0) is 6.54 Å². The van der Waals surface area contributed by atoms with Crippen LogP contribution in [0.1, 0.15) is 48.3 Å². The molecular weight excluding hydrogens is 414 g/mol. The summed E-state index contributed by atoms with van der Waals surface area (Å²) in [6.07, 6.45) is 6.75. The van der Waals surface area contributed by atoms with Crippen molar-refractivity contribution in [2.24, 2.45) is 17.8 Å². The SMILES string of the molecule is O=C(NC1C2CC3CC1CC(O)(C3)C2)c1cccc(N2CCN(Cc3ccccn3)CC2)n1. The molecule has 1 saturated heterocycles. The van der Waals surface area contributed by atoms with Crippen LogP contribution >= 0.6 is 0 Å². The number of aliphatic hydroxyl groups is 1. The van der Waals surface area contributed by atoms with E-state index in [1.54, 1.807) is 0 Å². The second-order valence-corrected chi connectivity index (χ2v) is 10.7. The minimum Gasteiger partial charge on any atom is -0.390 e. The van der Waals surface area contributed by atoms with Crippen LogP contribution in [0.15, 0.2) is 42.6 Å². The van der Waals surface area contributed by atoms with Gasteiger partial charge in [0.2, 0.25) is 0 Å². The number of rotatable bonds is 5. The average molecular weight is 448 g/mol. The number of carbonyl (C=O) groups is 1. The molecule has 0 aromatic carbocycles. The van der Waals surface area contributed by atoms with Crippen molar-refractivity contribution < 1.29 is 9.90 Å². The standard InChI is InChI=1S/C26H33N5O2/c32-25(29-24-19-12-18-13-20(24)16-26(33,14-18)15-19)22-5-3-6-23(28-22)31-10-8-30(9-11-31)17-21-4-1-2-7-27-21/h1-7,18-20,24,33H,8-17H2,(H,29,32). The number of hydrogen-bond acceptors (Lipinski definition) is 6. The molecule has 7 rings (SSSR count). The smallest absolute Gasteiger partial charge is 0.270 e. The summed E-state index contributed by atoms with van der Waals surface area (Å²) >= 11 is 0. The number of hydrogen-bond donors (Lipinski definition) is 2. The van der Waals surface area contributed by atoms with Gasteiger partial charge in [0.05, 0.1) is 11.3 Å². The van der Waals surface area contributed by atoms with Gasteiger partial charge in [-0.3, -0.25) is 14.7 Å². The number of aromatic nitrogens is 2. The van der Waals surface area contributed by atoms with Gasteiger partial charge in [-0.15, -0.1) is 0 Å². The molecular formula is C26H33N5O2. The third kappa shape index (κ3) is 4.24. The van der Waals surface area contributed by atoms with E-state index in [1.165, 1.54) is 0 Å². The number of nitrogens with zero attached hydrogens (tertiary/aromatic N) is 4. The van der Waals surface area contributed by atoms with Gasteiger partial charge >= 0.3 is 0 Å². The minimum absolute atomic E-state index is 0.0740. The summed E-state index contributed by atoms with van der Waals surface area (Å²) in [6.45, 7) is 4.54. The van der Waals surface area contributed by atoms with Gasteiger partial charge in [-0.1, -0.05) is 12.1 Å². The average Bonchev–Trinajstić information content (AvgIpc) is 2.81. The van der Waals surface area contributed by atoms with E-state index in [-0.39, 0.29) is 11.9 Å². The van der Waals surface area contributed by atoms with Gasteiger partial charge in [-0.2, -0.15) is 0 Å². The summed E-state index contributed by atoms with van der Waals surface area (Å²) in [7, 11) is 0. The predicted octanol–water partition coefficient (Wildman–Crippen LogP) is 2.47. The van der Waals surface area contributed by atoms with Gasteiger partial charge in [-0.05, 0) is 74.1 Å². The van der Waals surface area contributed by atoms with Gasteiger partial charge in [0.15, 0.2) is 0 Å². The van der Waals surface area contributed by atoms with Crippen LogP contribution < -0.4 is 10.2 Å². The first-order valence-corrected chi connectivity index (χ1v) is 12.4. The molecule has 4 saturated carbocycles. The molecule has 7 heteroatoms. The zero-order valence-electron chi connectivity index (χ0n) is 19.1. The molecule has 4 bridgehead atoms. The third-order valence-corrected chi connectivity index (χ3v) is 8.31. The Morgan fingerprint density at radius 1 is 1.03 bits per heavy atom. The largest absolute Gasteiger partial charge is 0.390 e. The molecule has 2 N–H and O–H groups in total. The van der Waals surface area contributed by atoms with E-state index in [1.807, 2.05) is 36.5 Å². The van der Waals surface area contributed by atoms with Crippen LogP contribution in [0, 0.1) is 17.8 Å². The molecule has 2 aromatic rings. The van der Waals surface area contributed by atoms with E-state index < -0.39 is 5.60 Å². The van der Waals surface area contributed by atoms with E-state index in [4.69, 9.17) is 4.98 Å². The Bertz CT molecular complexity index is 991. The van der Waals surface area contributed by atoms with Crippen LogP contribution in [0.25, 0.3) is 0 Å². The Balaban J connectivity index is 1.08. The summed E-state index contributed by atoms with van der Waals surface area (Å²) < 4.78 is 0. The number of piperazine rings is 1. The van der Waals surface area contributed by atoms with Crippen molar-refractivity contribution in [1.29, 1.82) is 0 Å². The second kappa shape index (κ2) is 8.37. The van der Waals surface area contributed by atoms with Crippen molar-refractivity contribution in [2.75, 3.05) is 31.1 Å². The molecule has 33 heavy (non-hydrogen) atoms. The molecule has 1 aliphatic heterocycles. The summed E-state index contributed by atoms with van der Waals surface area (Å²) in [5.74, 6) is 2.24. The molecule has 2 atom stereocenters. The van der Waals surface area contributed by atoms with Crippen LogP contribution in [0.3, 0.4) is 0 Å². The maximum absolute atomic E-state index is 13.1. The van der Waals surface area contributed by atoms with Crippen molar-refractivity contribution in [3.8, 4) is 0 Å². The maximum Gasteiger partial charge on any atom is 0.270 e. The van der Waals surface area contributed by atoms with Gasteiger partial charge in [0.25, 0.3) is 5.91 Å². The van der Waals surface area contributed by atoms with Gasteiger partial charge < -0.3 is 15.3 Å². The Morgan fingerprint density at radius 3 is 2.52 bits per heavy atom. The van der Waals surface area contributed by atoms with Crippen molar-refractivity contribution in [3.63, 3.8) is 0 Å². The summed E-state index contributed by atoms with van der Waals surface area (Å²) in [5.41, 5.74) is 1.12. The number of nitrogens with one attached hydrogen (secondary N) is 1. The number of carbonyl (C=O) groups excluding carboxylic acids is 1. The van der Waals surface area contributed by atoms with E-state index in [9.17, 15) is 9.90 Å².